The van der Waals surface area contributed by atoms with Gasteiger partial charge in [-0.05, 0) is 18.6 Å². The summed E-state index contributed by atoms with van der Waals surface area (Å²) in [6.45, 7) is 2.13. The van der Waals surface area contributed by atoms with Gasteiger partial charge < -0.3 is 0 Å². The lowest BCUT2D eigenvalue weighted by Gasteiger charge is -2.44. The van der Waals surface area contributed by atoms with Crippen molar-refractivity contribution in [2.45, 2.75) is 11.8 Å². The van der Waals surface area contributed by atoms with Gasteiger partial charge in [0.1, 0.15) is 52.7 Å². The van der Waals surface area contributed by atoms with Gasteiger partial charge in [-0.15, -0.1) is 21.9 Å². The third-order valence-electron chi connectivity index (χ3n) is 7.89. The van der Waals surface area contributed by atoms with Gasteiger partial charge in [-0.25, -0.2) is 87.8 Å². The van der Waals surface area contributed by atoms with Crippen molar-refractivity contribution in [2.24, 2.45) is 0 Å². The van der Waals surface area contributed by atoms with Crippen LogP contribution in [-0.2, 0) is 0 Å². The highest BCUT2D eigenvalue weighted by atomic mass is 127. The minimum atomic E-state index is -7.22. The highest BCUT2D eigenvalue weighted by Crippen LogP contribution is 2.30. The molecule has 0 fully saturated rings. The summed E-state index contributed by atoms with van der Waals surface area (Å²) in [5, 5.41) is 0. The van der Waals surface area contributed by atoms with E-state index in [1.807, 2.05) is 21.2 Å². The van der Waals surface area contributed by atoms with E-state index in [0.717, 1.165) is 0 Å². The fourth-order valence-corrected chi connectivity index (χ4v) is 7.46. The summed E-state index contributed by atoms with van der Waals surface area (Å²) in [6, 6.07) is 8.41. The highest BCUT2D eigenvalue weighted by molar-refractivity contribution is 7.92. The monoisotopic (exact) mass is 930 g/mol. The zero-order valence-corrected chi connectivity index (χ0v) is 28.4. The molecule has 23 heteroatoms. The largest absolute Gasteiger partial charge is 0.343 e. The Kier molecular flexibility index (Phi) is 12.2. The fraction of sp³-hybridized carbons (Fsp3) is 0.0323. The molecule has 5 rings (SSSR count). The van der Waals surface area contributed by atoms with Crippen LogP contribution in [0.4, 0.5) is 87.8 Å². The van der Waals surface area contributed by atoms with Gasteiger partial charge in [-0.2, -0.15) is 0 Å². The Morgan fingerprint density at radius 2 is 0.519 bits per heavy atom. The summed E-state index contributed by atoms with van der Waals surface area (Å²) >= 11 is 2.03. The molecular formula is C31H8BF20IS. The molecule has 0 amide bonds. The van der Waals surface area contributed by atoms with Gasteiger partial charge in [-0.3, -0.25) is 0 Å². The number of hydrogen-bond donors (Lipinski definition) is 0. The zero-order valence-electron chi connectivity index (χ0n) is 25.3. The van der Waals surface area contributed by atoms with E-state index in [9.17, 15) is 52.7 Å². The molecule has 0 N–H and O–H groups in total. The van der Waals surface area contributed by atoms with Crippen molar-refractivity contribution >= 4 is 36.9 Å². The number of benzene rings is 5. The van der Waals surface area contributed by atoms with Crippen molar-refractivity contribution in [2.75, 3.05) is 0 Å². The molecule has 0 aliphatic heterocycles. The van der Waals surface area contributed by atoms with Crippen LogP contribution < -0.4 is 43.1 Å². The molecule has 0 heterocycles. The zero-order chi connectivity index (χ0) is 41.0. The van der Waals surface area contributed by atoms with Gasteiger partial charge in [0.05, 0.1) is 4.90 Å². The lowest BCUT2D eigenvalue weighted by atomic mass is 9.12. The van der Waals surface area contributed by atoms with E-state index in [1.165, 1.54) is 10.5 Å². The maximum atomic E-state index is 15.4. The van der Waals surface area contributed by atoms with E-state index in [4.69, 9.17) is 0 Å². The first kappa shape index (κ1) is 42.6. The molecule has 0 saturated carbocycles. The van der Waals surface area contributed by atoms with Crippen molar-refractivity contribution < 1.29 is 109 Å². The lowest BCUT2D eigenvalue weighted by molar-refractivity contribution is -0.137. The quantitative estimate of drug-likeness (QED) is 0.0776. The van der Waals surface area contributed by atoms with Crippen LogP contribution in [0.1, 0.15) is 5.56 Å². The maximum absolute atomic E-state index is 15.4. The Balaban J connectivity index is 0.000000631. The summed E-state index contributed by atoms with van der Waals surface area (Å²) < 4.78 is 294. The van der Waals surface area contributed by atoms with E-state index >= 15 is 35.1 Å². The van der Waals surface area contributed by atoms with Crippen LogP contribution in [0.5, 0.6) is 0 Å². The van der Waals surface area contributed by atoms with Crippen LogP contribution in [0.15, 0.2) is 29.2 Å². The first-order chi connectivity index (χ1) is 25.0. The molecule has 0 spiro atoms. The summed E-state index contributed by atoms with van der Waals surface area (Å²) in [6.07, 6.45) is -7.22. The molecular weight excluding hydrogens is 922 g/mol. The Morgan fingerprint density at radius 3 is 0.685 bits per heavy atom. The van der Waals surface area contributed by atoms with Crippen molar-refractivity contribution in [3.63, 3.8) is 0 Å². The number of aryl methyl sites for hydroxylation is 1. The predicted octanol–water partition coefficient (Wildman–Crippen LogP) is 5.13. The fourth-order valence-electron chi connectivity index (χ4n) is 5.52. The first-order valence-corrected chi connectivity index (χ1v) is 17.2. The molecule has 5 aromatic carbocycles. The highest BCUT2D eigenvalue weighted by Gasteiger charge is 2.52. The summed E-state index contributed by atoms with van der Waals surface area (Å²) in [5.41, 5.74) is -13.0. The van der Waals surface area contributed by atoms with Crippen LogP contribution in [0, 0.1) is 123 Å². The standard InChI is InChI=1S/C24BF20.C7H8IS/c26-5-1(6(27)14(35)21(42)13(5)34)25(2-7(28)15(36)22(43)16(37)8(2)29,3-9(30)17(38)23(44)18(39)10(3)31)4-11(32)19(40)24(45)20(41)12(4)33;1-6-4-2-3-5-7(6)9-8/h;2-5,8H,1H3/q-1;+1. The lowest BCUT2D eigenvalue weighted by Crippen LogP contribution is -3.27. The Bertz CT molecular complexity index is 1970. The third-order valence-corrected chi connectivity index (χ3v) is 10.1. The number of rotatable bonds is 5. The number of halogens is 21. The second-order valence-electron chi connectivity index (χ2n) is 10.6. The minimum Gasteiger partial charge on any atom is -0.207 e. The molecule has 288 valence electrons. The Labute approximate surface area is 303 Å². The maximum Gasteiger partial charge on any atom is 0.343 e. The molecule has 5 aromatic rings. The molecule has 0 saturated heterocycles. The molecule has 0 atom stereocenters. The summed E-state index contributed by atoms with van der Waals surface area (Å²) in [4.78, 5) is 1.38. The van der Waals surface area contributed by atoms with Crippen LogP contribution >= 0.6 is 8.93 Å². The molecule has 0 bridgehead atoms. The third kappa shape index (κ3) is 6.32. The Morgan fingerprint density at radius 1 is 0.333 bits per heavy atom. The molecule has 0 aromatic heterocycles. The van der Waals surface area contributed by atoms with Crippen molar-refractivity contribution in [3.05, 3.63) is 146 Å². The molecule has 54 heavy (non-hydrogen) atoms. The van der Waals surface area contributed by atoms with E-state index in [1.54, 1.807) is 8.93 Å². The SMILES string of the molecule is Cc1ccccc1S[IH+].Fc1c(F)c(F)c([B-](c2c(F)c(F)c(F)c(F)c2F)(c2c(F)c(F)c(F)c(F)c2F)c2c(F)c(F)c(F)c(F)c2F)c(F)c1F. The first-order valence-electron chi connectivity index (χ1n) is 13.6. The molecule has 0 unspecified atom stereocenters. The van der Waals surface area contributed by atoms with E-state index < -0.39 is 144 Å². The topological polar surface area (TPSA) is 0 Å². The summed E-state index contributed by atoms with van der Waals surface area (Å²) in [7, 11) is 1.81. The molecule has 0 nitrogen and oxygen atoms in total. The van der Waals surface area contributed by atoms with Gasteiger partial charge >= 0.3 is 21.2 Å². The van der Waals surface area contributed by atoms with Crippen molar-refractivity contribution in [1.29, 1.82) is 0 Å². The van der Waals surface area contributed by atoms with Gasteiger partial charge in [0, 0.05) is 0 Å². The predicted molar refractivity (Wildman–Crippen MR) is 148 cm³/mol. The van der Waals surface area contributed by atoms with Crippen molar-refractivity contribution in [1.82, 2.24) is 0 Å². The van der Waals surface area contributed by atoms with Gasteiger partial charge in [0.25, 0.3) is 0 Å². The smallest absolute Gasteiger partial charge is 0.207 e. The molecule has 0 radical (unpaired) electrons. The minimum absolute atomic E-state index is 1.37. The van der Waals surface area contributed by atoms with E-state index in [-0.39, 0.29) is 0 Å². The van der Waals surface area contributed by atoms with Crippen LogP contribution in [0.25, 0.3) is 0 Å². The van der Waals surface area contributed by atoms with Crippen LogP contribution in [0.2, 0.25) is 0 Å². The van der Waals surface area contributed by atoms with E-state index in [2.05, 4.69) is 31.2 Å². The van der Waals surface area contributed by atoms with Crippen molar-refractivity contribution in [3.8, 4) is 0 Å². The summed E-state index contributed by atoms with van der Waals surface area (Å²) in [5.74, 6) is -71.4. The van der Waals surface area contributed by atoms with Crippen LogP contribution in [0.3, 0.4) is 0 Å². The van der Waals surface area contributed by atoms with Gasteiger partial charge in [0.15, 0.2) is 78.7 Å². The molecule has 0 aliphatic rings. The van der Waals surface area contributed by atoms with Crippen LogP contribution in [-0.4, -0.2) is 6.15 Å². The number of hydrogen-bond acceptors (Lipinski definition) is 1. The normalized spacial score (nSPS) is 11.6. The Hall–Kier alpha value is -4.16. The van der Waals surface area contributed by atoms with E-state index in [0.29, 0.717) is 0 Å². The van der Waals surface area contributed by atoms with Gasteiger partial charge in [-0.1, -0.05) is 18.2 Å². The van der Waals surface area contributed by atoms with Gasteiger partial charge in [0.2, 0.25) is 0 Å². The second kappa shape index (κ2) is 15.5. The average Bonchev–Trinajstić information content (AvgIpc) is 3.15. The average molecular weight is 930 g/mol. The molecule has 0 aliphatic carbocycles. The second-order valence-corrected chi connectivity index (χ2v) is 12.7.